The summed E-state index contributed by atoms with van der Waals surface area (Å²) in [6.07, 6.45) is 3.87. The SMILES string of the molecule is CCC1(CNCc2sccc2C)CCCN1. The van der Waals surface area contributed by atoms with Crippen LogP contribution in [0.25, 0.3) is 0 Å². The van der Waals surface area contributed by atoms with E-state index in [1.165, 1.54) is 36.2 Å². The number of hydrogen-bond donors (Lipinski definition) is 2. The molecule has 0 aliphatic carbocycles. The first-order chi connectivity index (χ1) is 7.76. The highest BCUT2D eigenvalue weighted by Crippen LogP contribution is 2.22. The molecule has 90 valence electrons. The molecule has 1 atom stereocenters. The molecule has 3 heteroatoms. The molecule has 2 heterocycles. The van der Waals surface area contributed by atoms with E-state index in [4.69, 9.17) is 0 Å². The molecule has 2 nitrogen and oxygen atoms in total. The molecule has 0 radical (unpaired) electrons. The van der Waals surface area contributed by atoms with E-state index in [1.807, 2.05) is 11.3 Å². The third-order valence-corrected chi connectivity index (χ3v) is 4.75. The van der Waals surface area contributed by atoms with Crippen LogP contribution in [0.2, 0.25) is 0 Å². The van der Waals surface area contributed by atoms with Crippen LogP contribution in [-0.4, -0.2) is 18.6 Å². The van der Waals surface area contributed by atoms with Crippen molar-refractivity contribution in [2.24, 2.45) is 0 Å². The monoisotopic (exact) mass is 238 g/mol. The minimum Gasteiger partial charge on any atom is -0.310 e. The Morgan fingerprint density at radius 3 is 3.00 bits per heavy atom. The lowest BCUT2D eigenvalue weighted by atomic mass is 9.94. The molecule has 1 aliphatic rings. The molecule has 1 aliphatic heterocycles. The largest absolute Gasteiger partial charge is 0.310 e. The molecule has 0 amide bonds. The Balaban J connectivity index is 1.81. The molecular weight excluding hydrogens is 216 g/mol. The Bertz CT molecular complexity index is 326. The lowest BCUT2D eigenvalue weighted by Gasteiger charge is -2.28. The van der Waals surface area contributed by atoms with Crippen molar-refractivity contribution in [3.05, 3.63) is 21.9 Å². The maximum Gasteiger partial charge on any atom is 0.0304 e. The van der Waals surface area contributed by atoms with Crippen molar-refractivity contribution in [2.45, 2.75) is 45.2 Å². The van der Waals surface area contributed by atoms with Crippen LogP contribution in [-0.2, 0) is 6.54 Å². The van der Waals surface area contributed by atoms with Gasteiger partial charge in [0.05, 0.1) is 0 Å². The van der Waals surface area contributed by atoms with Crippen molar-refractivity contribution in [3.63, 3.8) is 0 Å². The molecule has 2 N–H and O–H groups in total. The fourth-order valence-electron chi connectivity index (χ4n) is 2.45. The van der Waals surface area contributed by atoms with Crippen LogP contribution in [0.15, 0.2) is 11.4 Å². The molecule has 2 rings (SSSR count). The molecule has 0 bridgehead atoms. The van der Waals surface area contributed by atoms with E-state index in [2.05, 4.69) is 35.9 Å². The molecular formula is C13H22N2S. The fraction of sp³-hybridized carbons (Fsp3) is 0.692. The van der Waals surface area contributed by atoms with E-state index in [0.717, 1.165) is 13.1 Å². The first-order valence-electron chi connectivity index (χ1n) is 6.24. The Kier molecular flexibility index (Phi) is 4.00. The maximum atomic E-state index is 3.66. The van der Waals surface area contributed by atoms with Crippen molar-refractivity contribution in [1.82, 2.24) is 10.6 Å². The second-order valence-electron chi connectivity index (χ2n) is 4.79. The van der Waals surface area contributed by atoms with Crippen LogP contribution in [0.1, 0.15) is 36.6 Å². The van der Waals surface area contributed by atoms with Crippen LogP contribution in [0.5, 0.6) is 0 Å². The summed E-state index contributed by atoms with van der Waals surface area (Å²) in [5.74, 6) is 0. The van der Waals surface area contributed by atoms with Gasteiger partial charge in [-0.1, -0.05) is 6.92 Å². The average molecular weight is 238 g/mol. The predicted molar refractivity (Wildman–Crippen MR) is 71.0 cm³/mol. The van der Waals surface area contributed by atoms with Crippen molar-refractivity contribution in [1.29, 1.82) is 0 Å². The third kappa shape index (κ3) is 2.65. The zero-order valence-corrected chi connectivity index (χ0v) is 11.1. The average Bonchev–Trinajstić information content (AvgIpc) is 2.90. The summed E-state index contributed by atoms with van der Waals surface area (Å²) in [5, 5.41) is 9.44. The van der Waals surface area contributed by atoms with E-state index in [9.17, 15) is 0 Å². The minimum atomic E-state index is 0.366. The molecule has 16 heavy (non-hydrogen) atoms. The van der Waals surface area contributed by atoms with Gasteiger partial charge in [-0.25, -0.2) is 0 Å². The minimum absolute atomic E-state index is 0.366. The summed E-state index contributed by atoms with van der Waals surface area (Å²) in [6, 6.07) is 2.20. The maximum absolute atomic E-state index is 3.66. The summed E-state index contributed by atoms with van der Waals surface area (Å²) in [4.78, 5) is 1.48. The van der Waals surface area contributed by atoms with Crippen molar-refractivity contribution < 1.29 is 0 Å². The summed E-state index contributed by atoms with van der Waals surface area (Å²) in [7, 11) is 0. The first kappa shape index (κ1) is 12.1. The van der Waals surface area contributed by atoms with Crippen LogP contribution >= 0.6 is 11.3 Å². The summed E-state index contributed by atoms with van der Waals surface area (Å²) >= 11 is 1.86. The van der Waals surface area contributed by atoms with Gasteiger partial charge in [0.2, 0.25) is 0 Å². The van der Waals surface area contributed by atoms with E-state index < -0.39 is 0 Å². The smallest absolute Gasteiger partial charge is 0.0304 e. The number of thiophene rings is 1. The fourth-order valence-corrected chi connectivity index (χ4v) is 3.32. The van der Waals surface area contributed by atoms with Gasteiger partial charge >= 0.3 is 0 Å². The van der Waals surface area contributed by atoms with Crippen molar-refractivity contribution in [2.75, 3.05) is 13.1 Å². The van der Waals surface area contributed by atoms with Gasteiger partial charge in [0.15, 0.2) is 0 Å². The summed E-state index contributed by atoms with van der Waals surface area (Å²) < 4.78 is 0. The number of nitrogens with one attached hydrogen (secondary N) is 2. The van der Waals surface area contributed by atoms with E-state index >= 15 is 0 Å². The second kappa shape index (κ2) is 5.30. The molecule has 1 fully saturated rings. The third-order valence-electron chi connectivity index (χ3n) is 3.73. The van der Waals surface area contributed by atoms with Gasteiger partial charge in [-0.2, -0.15) is 0 Å². The first-order valence-corrected chi connectivity index (χ1v) is 7.12. The Morgan fingerprint density at radius 2 is 2.44 bits per heavy atom. The van der Waals surface area contributed by atoms with Gasteiger partial charge in [0.1, 0.15) is 0 Å². The number of aryl methyl sites for hydroxylation is 1. The van der Waals surface area contributed by atoms with Gasteiger partial charge < -0.3 is 10.6 Å². The van der Waals surface area contributed by atoms with Gasteiger partial charge in [0.25, 0.3) is 0 Å². The molecule has 1 aromatic heterocycles. The zero-order valence-electron chi connectivity index (χ0n) is 10.3. The van der Waals surface area contributed by atoms with E-state index in [1.54, 1.807) is 0 Å². The normalized spacial score (nSPS) is 25.1. The van der Waals surface area contributed by atoms with Crippen molar-refractivity contribution in [3.8, 4) is 0 Å². The second-order valence-corrected chi connectivity index (χ2v) is 5.80. The predicted octanol–water partition coefficient (Wildman–Crippen LogP) is 2.68. The molecule has 1 saturated heterocycles. The summed E-state index contributed by atoms with van der Waals surface area (Å²) in [5.41, 5.74) is 1.79. The highest BCUT2D eigenvalue weighted by Gasteiger charge is 2.30. The van der Waals surface area contributed by atoms with E-state index in [-0.39, 0.29) is 0 Å². The van der Waals surface area contributed by atoms with Crippen LogP contribution in [0.4, 0.5) is 0 Å². The lowest BCUT2D eigenvalue weighted by molar-refractivity contribution is 0.340. The van der Waals surface area contributed by atoms with Gasteiger partial charge in [0, 0.05) is 23.5 Å². The Hall–Kier alpha value is -0.380. The number of rotatable bonds is 5. The zero-order chi connectivity index (χ0) is 11.4. The van der Waals surface area contributed by atoms with Gasteiger partial charge in [-0.3, -0.25) is 0 Å². The van der Waals surface area contributed by atoms with Gasteiger partial charge in [-0.05, 0) is 49.7 Å². The Labute approximate surface area is 102 Å². The highest BCUT2D eigenvalue weighted by atomic mass is 32.1. The van der Waals surface area contributed by atoms with Crippen LogP contribution in [0.3, 0.4) is 0 Å². The molecule has 0 aromatic carbocycles. The van der Waals surface area contributed by atoms with Crippen LogP contribution < -0.4 is 10.6 Å². The lowest BCUT2D eigenvalue weighted by Crippen LogP contribution is -2.47. The van der Waals surface area contributed by atoms with Gasteiger partial charge in [-0.15, -0.1) is 11.3 Å². The van der Waals surface area contributed by atoms with E-state index in [0.29, 0.717) is 5.54 Å². The summed E-state index contributed by atoms with van der Waals surface area (Å²) in [6.45, 7) is 7.79. The topological polar surface area (TPSA) is 24.1 Å². The quantitative estimate of drug-likeness (QED) is 0.824. The molecule has 0 saturated carbocycles. The van der Waals surface area contributed by atoms with Crippen LogP contribution in [0, 0.1) is 6.92 Å². The number of hydrogen-bond acceptors (Lipinski definition) is 3. The Morgan fingerprint density at radius 1 is 1.56 bits per heavy atom. The highest BCUT2D eigenvalue weighted by molar-refractivity contribution is 7.10. The standard InChI is InChI=1S/C13H22N2S/c1-3-13(6-4-7-15-13)10-14-9-12-11(2)5-8-16-12/h5,8,14-15H,3-4,6-7,9-10H2,1-2H3. The molecule has 0 spiro atoms. The van der Waals surface area contributed by atoms with Crippen molar-refractivity contribution >= 4 is 11.3 Å². The molecule has 1 aromatic rings. The molecule has 1 unspecified atom stereocenters.